The fourth-order valence-electron chi connectivity index (χ4n) is 2.93. The van der Waals surface area contributed by atoms with E-state index in [1.807, 2.05) is 0 Å². The van der Waals surface area contributed by atoms with Crippen molar-refractivity contribution in [3.05, 3.63) is 59.1 Å². The standard InChI is InChI=1S/C18H17ClF2N2O3S/c19-16-11-14(3-6-17(16)21)22-18(24)12-7-9-23(10-8-12)27(25,26)15-4-1-13(20)2-5-15/h1-6,11-12H,7-10H2,(H,22,24). The normalized spacial score (nSPS) is 16.3. The number of rotatable bonds is 4. The van der Waals surface area contributed by atoms with Crippen LogP contribution in [0.15, 0.2) is 47.4 Å². The summed E-state index contributed by atoms with van der Waals surface area (Å²) in [7, 11) is -3.72. The number of sulfonamides is 1. The highest BCUT2D eigenvalue weighted by atomic mass is 35.5. The number of halogens is 3. The fourth-order valence-corrected chi connectivity index (χ4v) is 4.58. The smallest absolute Gasteiger partial charge is 0.243 e. The number of benzene rings is 2. The van der Waals surface area contributed by atoms with Crippen molar-refractivity contribution in [2.45, 2.75) is 17.7 Å². The summed E-state index contributed by atoms with van der Waals surface area (Å²) in [5.41, 5.74) is 0.382. The van der Waals surface area contributed by atoms with Crippen LogP contribution in [-0.4, -0.2) is 31.7 Å². The number of hydrogen-bond donors (Lipinski definition) is 1. The van der Waals surface area contributed by atoms with E-state index in [1.54, 1.807) is 0 Å². The van der Waals surface area contributed by atoms with Crippen molar-refractivity contribution in [3.63, 3.8) is 0 Å². The molecule has 1 N–H and O–H groups in total. The van der Waals surface area contributed by atoms with Crippen molar-refractivity contribution in [2.75, 3.05) is 18.4 Å². The molecule has 1 heterocycles. The molecule has 144 valence electrons. The van der Waals surface area contributed by atoms with Gasteiger partial charge in [0.25, 0.3) is 0 Å². The number of nitrogens with zero attached hydrogens (tertiary/aromatic N) is 1. The second-order valence-electron chi connectivity index (χ2n) is 6.25. The van der Waals surface area contributed by atoms with E-state index in [0.717, 1.165) is 18.2 Å². The molecule has 3 rings (SSSR count). The third-order valence-electron chi connectivity index (χ3n) is 4.46. The number of carbonyl (C=O) groups is 1. The van der Waals surface area contributed by atoms with Crippen molar-refractivity contribution in [1.82, 2.24) is 4.31 Å². The van der Waals surface area contributed by atoms with Gasteiger partial charge >= 0.3 is 0 Å². The Kier molecular flexibility index (Phi) is 5.78. The zero-order chi connectivity index (χ0) is 19.6. The summed E-state index contributed by atoms with van der Waals surface area (Å²) in [4.78, 5) is 12.4. The first-order valence-electron chi connectivity index (χ1n) is 8.29. The maximum absolute atomic E-state index is 13.2. The molecule has 0 radical (unpaired) electrons. The molecule has 1 fully saturated rings. The first-order valence-corrected chi connectivity index (χ1v) is 10.1. The van der Waals surface area contributed by atoms with Crippen LogP contribution < -0.4 is 5.32 Å². The average Bonchev–Trinajstić information content (AvgIpc) is 2.65. The van der Waals surface area contributed by atoms with Gasteiger partial charge in [0.05, 0.1) is 9.92 Å². The third-order valence-corrected chi connectivity index (χ3v) is 6.67. The molecular weight excluding hydrogens is 398 g/mol. The largest absolute Gasteiger partial charge is 0.326 e. The van der Waals surface area contributed by atoms with Crippen LogP contribution in [0.2, 0.25) is 5.02 Å². The van der Waals surface area contributed by atoms with Gasteiger partial charge in [-0.25, -0.2) is 17.2 Å². The van der Waals surface area contributed by atoms with Crippen LogP contribution in [-0.2, 0) is 14.8 Å². The van der Waals surface area contributed by atoms with Crippen molar-refractivity contribution in [3.8, 4) is 0 Å². The third kappa shape index (κ3) is 4.45. The van der Waals surface area contributed by atoms with Crippen molar-refractivity contribution in [1.29, 1.82) is 0 Å². The maximum atomic E-state index is 13.2. The summed E-state index contributed by atoms with van der Waals surface area (Å²) in [6.07, 6.45) is 0.697. The minimum absolute atomic E-state index is 0.0211. The molecule has 0 bridgehead atoms. The highest BCUT2D eigenvalue weighted by Gasteiger charge is 2.32. The van der Waals surface area contributed by atoms with Crippen LogP contribution in [0.25, 0.3) is 0 Å². The molecule has 2 aromatic carbocycles. The molecule has 9 heteroatoms. The second kappa shape index (κ2) is 7.92. The van der Waals surface area contributed by atoms with Crippen LogP contribution in [0.1, 0.15) is 12.8 Å². The SMILES string of the molecule is O=C(Nc1ccc(F)c(Cl)c1)C1CCN(S(=O)(=O)c2ccc(F)cc2)CC1. The van der Waals surface area contributed by atoms with Gasteiger partial charge in [0.2, 0.25) is 15.9 Å². The van der Waals surface area contributed by atoms with Crippen LogP contribution in [0, 0.1) is 17.6 Å². The van der Waals surface area contributed by atoms with E-state index in [0.29, 0.717) is 18.5 Å². The molecule has 27 heavy (non-hydrogen) atoms. The number of amides is 1. The molecule has 0 atom stereocenters. The van der Waals surface area contributed by atoms with Crippen LogP contribution in [0.5, 0.6) is 0 Å². The van der Waals surface area contributed by atoms with Gasteiger partial charge in [-0.3, -0.25) is 4.79 Å². The Balaban J connectivity index is 1.61. The molecule has 0 aromatic heterocycles. The summed E-state index contributed by atoms with van der Waals surface area (Å²) >= 11 is 5.70. The molecular formula is C18H17ClF2N2O3S. The fraction of sp³-hybridized carbons (Fsp3) is 0.278. The van der Waals surface area contributed by atoms with Gasteiger partial charge in [0, 0.05) is 24.7 Å². The summed E-state index contributed by atoms with van der Waals surface area (Å²) < 4.78 is 52.6. The number of hydrogen-bond acceptors (Lipinski definition) is 3. The first-order chi connectivity index (χ1) is 12.8. The Labute approximate surface area is 161 Å². The molecule has 1 aliphatic rings. The van der Waals surface area contributed by atoms with E-state index in [1.165, 1.54) is 28.6 Å². The number of piperidine rings is 1. The van der Waals surface area contributed by atoms with Crippen LogP contribution in [0.4, 0.5) is 14.5 Å². The van der Waals surface area contributed by atoms with E-state index in [-0.39, 0.29) is 34.8 Å². The van der Waals surface area contributed by atoms with Crippen molar-refractivity contribution < 1.29 is 22.0 Å². The van der Waals surface area contributed by atoms with Crippen molar-refractivity contribution in [2.24, 2.45) is 5.92 Å². The molecule has 0 spiro atoms. The first kappa shape index (κ1) is 19.7. The lowest BCUT2D eigenvalue weighted by atomic mass is 9.97. The summed E-state index contributed by atoms with van der Waals surface area (Å²) in [6.45, 7) is 0.365. The van der Waals surface area contributed by atoms with Gasteiger partial charge in [-0.15, -0.1) is 0 Å². The summed E-state index contributed by atoms with van der Waals surface area (Å²) in [6, 6.07) is 8.54. The topological polar surface area (TPSA) is 66.5 Å². The lowest BCUT2D eigenvalue weighted by Crippen LogP contribution is -2.41. The predicted molar refractivity (Wildman–Crippen MR) is 97.9 cm³/mol. The predicted octanol–water partition coefficient (Wildman–Crippen LogP) is 3.66. The van der Waals surface area contributed by atoms with Gasteiger partial charge < -0.3 is 5.32 Å². The maximum Gasteiger partial charge on any atom is 0.243 e. The molecule has 5 nitrogen and oxygen atoms in total. The molecule has 0 saturated carbocycles. The Hall–Kier alpha value is -2.03. The minimum atomic E-state index is -3.72. The summed E-state index contributed by atoms with van der Waals surface area (Å²) in [5, 5.41) is 2.58. The van der Waals surface area contributed by atoms with E-state index in [2.05, 4.69) is 5.32 Å². The second-order valence-corrected chi connectivity index (χ2v) is 8.60. The van der Waals surface area contributed by atoms with E-state index < -0.39 is 21.7 Å². The lowest BCUT2D eigenvalue weighted by molar-refractivity contribution is -0.120. The zero-order valence-corrected chi connectivity index (χ0v) is 15.7. The number of nitrogens with one attached hydrogen (secondary N) is 1. The number of anilines is 1. The molecule has 1 saturated heterocycles. The Morgan fingerprint density at radius 3 is 2.30 bits per heavy atom. The highest BCUT2D eigenvalue weighted by Crippen LogP contribution is 2.26. The Morgan fingerprint density at radius 1 is 1.07 bits per heavy atom. The minimum Gasteiger partial charge on any atom is -0.326 e. The average molecular weight is 415 g/mol. The van der Waals surface area contributed by atoms with Gasteiger partial charge in [-0.1, -0.05) is 11.6 Å². The van der Waals surface area contributed by atoms with Gasteiger partial charge in [-0.2, -0.15) is 4.31 Å². The quantitative estimate of drug-likeness (QED) is 0.830. The monoisotopic (exact) mass is 414 g/mol. The lowest BCUT2D eigenvalue weighted by Gasteiger charge is -2.30. The van der Waals surface area contributed by atoms with Gasteiger partial charge in [0.1, 0.15) is 11.6 Å². The molecule has 1 amide bonds. The van der Waals surface area contributed by atoms with E-state index in [9.17, 15) is 22.0 Å². The highest BCUT2D eigenvalue weighted by molar-refractivity contribution is 7.89. The molecule has 1 aliphatic heterocycles. The van der Waals surface area contributed by atoms with Gasteiger partial charge in [-0.05, 0) is 55.3 Å². The van der Waals surface area contributed by atoms with Crippen LogP contribution >= 0.6 is 11.6 Å². The summed E-state index contributed by atoms with van der Waals surface area (Å²) in [5.74, 6) is -1.72. The zero-order valence-electron chi connectivity index (χ0n) is 14.2. The molecule has 2 aromatic rings. The van der Waals surface area contributed by atoms with Gasteiger partial charge in [0.15, 0.2) is 0 Å². The number of carbonyl (C=O) groups excluding carboxylic acids is 1. The van der Waals surface area contributed by atoms with E-state index in [4.69, 9.17) is 11.6 Å². The van der Waals surface area contributed by atoms with Crippen molar-refractivity contribution >= 4 is 33.2 Å². The van der Waals surface area contributed by atoms with Crippen LogP contribution in [0.3, 0.4) is 0 Å². The molecule has 0 unspecified atom stereocenters. The van der Waals surface area contributed by atoms with E-state index >= 15 is 0 Å². The Bertz CT molecular complexity index is 944. The molecule has 0 aliphatic carbocycles. The Morgan fingerprint density at radius 2 is 1.70 bits per heavy atom.